The fourth-order valence-corrected chi connectivity index (χ4v) is 4.61. The molecule has 3 heterocycles. The van der Waals surface area contributed by atoms with Gasteiger partial charge >= 0.3 is 0 Å². The zero-order chi connectivity index (χ0) is 25.8. The number of para-hydroxylation sites is 1. The van der Waals surface area contributed by atoms with E-state index < -0.39 is 5.91 Å². The topological polar surface area (TPSA) is 98.1 Å². The van der Waals surface area contributed by atoms with Crippen molar-refractivity contribution in [2.75, 3.05) is 25.1 Å². The van der Waals surface area contributed by atoms with Gasteiger partial charge in [-0.05, 0) is 42.8 Å². The Morgan fingerprint density at radius 1 is 1.00 bits per heavy atom. The van der Waals surface area contributed by atoms with Crippen LogP contribution in [0.3, 0.4) is 0 Å². The third kappa shape index (κ3) is 5.67. The van der Waals surface area contributed by atoms with Crippen molar-refractivity contribution in [2.24, 2.45) is 5.92 Å². The van der Waals surface area contributed by atoms with Gasteiger partial charge in [0, 0.05) is 36.9 Å². The number of anilines is 1. The first-order valence-electron chi connectivity index (χ1n) is 11.7. The lowest BCUT2D eigenvalue weighted by Gasteiger charge is -2.12. The van der Waals surface area contributed by atoms with Gasteiger partial charge in [0.05, 0.1) is 33.6 Å². The number of benzene rings is 2. The van der Waals surface area contributed by atoms with Gasteiger partial charge in [0.2, 0.25) is 0 Å². The summed E-state index contributed by atoms with van der Waals surface area (Å²) in [6, 6.07) is 19.3. The molecule has 10 heteroatoms. The molecule has 8 nitrogen and oxygen atoms in total. The van der Waals surface area contributed by atoms with Crippen LogP contribution in [-0.2, 0) is 4.74 Å². The first-order valence-corrected chi connectivity index (χ1v) is 12.5. The Kier molecular flexibility index (Phi) is 7.50. The van der Waals surface area contributed by atoms with E-state index in [1.807, 2.05) is 36.4 Å². The van der Waals surface area contributed by atoms with Crippen molar-refractivity contribution in [2.45, 2.75) is 6.42 Å². The number of rotatable bonds is 7. The minimum atomic E-state index is -0.481. The van der Waals surface area contributed by atoms with Crippen molar-refractivity contribution >= 4 is 40.8 Å². The van der Waals surface area contributed by atoms with Crippen LogP contribution in [0.1, 0.15) is 27.3 Å². The van der Waals surface area contributed by atoms with Crippen molar-refractivity contribution in [3.05, 3.63) is 94.2 Å². The highest BCUT2D eigenvalue weighted by atomic mass is 35.5. The molecule has 0 spiro atoms. The molecule has 2 aromatic carbocycles. The van der Waals surface area contributed by atoms with E-state index in [0.717, 1.165) is 6.42 Å². The third-order valence-corrected chi connectivity index (χ3v) is 6.63. The molecule has 0 bridgehead atoms. The number of aromatic nitrogens is 3. The van der Waals surface area contributed by atoms with Gasteiger partial charge in [0.15, 0.2) is 5.69 Å². The summed E-state index contributed by atoms with van der Waals surface area (Å²) in [7, 11) is 0. The van der Waals surface area contributed by atoms with Crippen LogP contribution in [0.4, 0.5) is 5.82 Å². The number of hydrogen-bond donors (Lipinski definition) is 2. The summed E-state index contributed by atoms with van der Waals surface area (Å²) < 4.78 is 6.88. The van der Waals surface area contributed by atoms with Gasteiger partial charge in [0.25, 0.3) is 11.8 Å². The van der Waals surface area contributed by atoms with Crippen LogP contribution in [0.25, 0.3) is 16.9 Å². The summed E-state index contributed by atoms with van der Waals surface area (Å²) in [6.45, 7) is 1.83. The molecule has 0 saturated carbocycles. The van der Waals surface area contributed by atoms with E-state index in [1.54, 1.807) is 24.4 Å². The second-order valence-corrected chi connectivity index (χ2v) is 9.40. The highest BCUT2D eigenvalue weighted by molar-refractivity contribution is 6.38. The Hall–Kier alpha value is -3.72. The minimum Gasteiger partial charge on any atom is -0.381 e. The van der Waals surface area contributed by atoms with Gasteiger partial charge in [-0.1, -0.05) is 47.5 Å². The number of carbonyl (C=O) groups excluding carboxylic acids is 2. The Labute approximate surface area is 223 Å². The number of hydrogen-bond acceptors (Lipinski definition) is 5. The maximum absolute atomic E-state index is 13.4. The number of nitrogens with one attached hydrogen (secondary N) is 2. The monoisotopic (exact) mass is 535 g/mol. The molecule has 0 aliphatic carbocycles. The van der Waals surface area contributed by atoms with Crippen molar-refractivity contribution in [3.63, 3.8) is 0 Å². The van der Waals surface area contributed by atoms with Crippen LogP contribution in [0.5, 0.6) is 0 Å². The van der Waals surface area contributed by atoms with Crippen LogP contribution in [0.2, 0.25) is 10.0 Å². The van der Waals surface area contributed by atoms with Crippen molar-refractivity contribution in [1.29, 1.82) is 0 Å². The van der Waals surface area contributed by atoms with Gasteiger partial charge in [-0.3, -0.25) is 14.6 Å². The first-order chi connectivity index (χ1) is 18.0. The molecule has 1 aliphatic heterocycles. The van der Waals surface area contributed by atoms with E-state index in [9.17, 15) is 9.59 Å². The lowest BCUT2D eigenvalue weighted by Crippen LogP contribution is -2.29. The zero-order valence-corrected chi connectivity index (χ0v) is 21.2. The van der Waals surface area contributed by atoms with Crippen LogP contribution in [-0.4, -0.2) is 46.3 Å². The zero-order valence-electron chi connectivity index (χ0n) is 19.7. The molecule has 2 aromatic heterocycles. The number of nitrogens with zero attached hydrogens (tertiary/aromatic N) is 3. The molecule has 188 valence electrons. The fourth-order valence-electron chi connectivity index (χ4n) is 4.04. The summed E-state index contributed by atoms with van der Waals surface area (Å²) in [4.78, 5) is 30.6. The van der Waals surface area contributed by atoms with Crippen LogP contribution >= 0.6 is 23.2 Å². The third-order valence-electron chi connectivity index (χ3n) is 6.00. The number of carbonyl (C=O) groups is 2. The quantitative estimate of drug-likeness (QED) is 0.336. The highest BCUT2D eigenvalue weighted by Gasteiger charge is 2.22. The molecule has 1 atom stereocenters. The summed E-state index contributed by atoms with van der Waals surface area (Å²) >= 11 is 12.8. The van der Waals surface area contributed by atoms with Crippen molar-refractivity contribution in [1.82, 2.24) is 20.1 Å². The van der Waals surface area contributed by atoms with Crippen LogP contribution < -0.4 is 10.6 Å². The van der Waals surface area contributed by atoms with Crippen LogP contribution in [0.15, 0.2) is 72.9 Å². The Bertz CT molecular complexity index is 1420. The molecule has 1 aliphatic rings. The number of ether oxygens (including phenoxy) is 1. The molecule has 0 radical (unpaired) electrons. The van der Waals surface area contributed by atoms with Gasteiger partial charge in [-0.15, -0.1) is 0 Å². The minimum absolute atomic E-state index is 0.175. The van der Waals surface area contributed by atoms with Gasteiger partial charge < -0.3 is 15.4 Å². The first kappa shape index (κ1) is 25.0. The summed E-state index contributed by atoms with van der Waals surface area (Å²) in [5.41, 5.74) is 2.25. The van der Waals surface area contributed by atoms with Crippen molar-refractivity contribution in [3.8, 4) is 16.9 Å². The predicted octanol–water partition coefficient (Wildman–Crippen LogP) is 5.26. The lowest BCUT2D eigenvalue weighted by molar-refractivity contribution is 0.0938. The Morgan fingerprint density at radius 3 is 2.54 bits per heavy atom. The van der Waals surface area contributed by atoms with E-state index in [1.165, 1.54) is 16.8 Å². The van der Waals surface area contributed by atoms with Crippen LogP contribution in [0, 0.1) is 5.92 Å². The maximum atomic E-state index is 13.4. The lowest BCUT2D eigenvalue weighted by atomic mass is 10.1. The molecule has 1 saturated heterocycles. The Balaban J connectivity index is 1.44. The Morgan fingerprint density at radius 2 is 1.81 bits per heavy atom. The standard InChI is InChI=1S/C27H23Cl2N5O3/c28-21-13-22(29)20(12-19(21)23-8-4-5-10-30-23)26(35)32-25-14-24(27(36)31-15-17-9-11-37-16-17)33-34(25)18-6-2-1-3-7-18/h1-8,10,12-14,17H,9,11,15-16H2,(H,31,36)(H,32,35). The van der Waals surface area contributed by atoms with Crippen molar-refractivity contribution < 1.29 is 14.3 Å². The largest absolute Gasteiger partial charge is 0.381 e. The molecular formula is C27H23Cl2N5O3. The average Bonchev–Trinajstić information content (AvgIpc) is 3.59. The molecule has 1 unspecified atom stereocenters. The van der Waals surface area contributed by atoms with E-state index in [4.69, 9.17) is 27.9 Å². The van der Waals surface area contributed by atoms with Gasteiger partial charge in [0.1, 0.15) is 5.82 Å². The summed E-state index contributed by atoms with van der Waals surface area (Å²) in [5.74, 6) is -0.222. The molecule has 1 fully saturated rings. The normalized spacial score (nSPS) is 14.9. The van der Waals surface area contributed by atoms with Gasteiger partial charge in [-0.2, -0.15) is 5.10 Å². The molecule has 37 heavy (non-hydrogen) atoms. The summed E-state index contributed by atoms with van der Waals surface area (Å²) in [5, 5.41) is 10.8. The number of halogens is 2. The highest BCUT2D eigenvalue weighted by Crippen LogP contribution is 2.32. The molecule has 2 N–H and O–H groups in total. The second kappa shape index (κ2) is 11.1. The molecular weight excluding hydrogens is 513 g/mol. The van der Waals surface area contributed by atoms with Gasteiger partial charge in [-0.25, -0.2) is 4.68 Å². The van der Waals surface area contributed by atoms with E-state index in [-0.39, 0.29) is 28.1 Å². The van der Waals surface area contributed by atoms with E-state index in [0.29, 0.717) is 47.5 Å². The van der Waals surface area contributed by atoms with E-state index >= 15 is 0 Å². The SMILES string of the molecule is O=C(NCC1CCOC1)c1cc(NC(=O)c2cc(-c3ccccn3)c(Cl)cc2Cl)n(-c2ccccc2)n1. The smallest absolute Gasteiger partial charge is 0.271 e. The molecule has 2 amide bonds. The fraction of sp³-hybridized carbons (Fsp3) is 0.185. The number of pyridine rings is 1. The van der Waals surface area contributed by atoms with E-state index in [2.05, 4.69) is 20.7 Å². The molecule has 5 rings (SSSR count). The maximum Gasteiger partial charge on any atom is 0.271 e. The molecule has 4 aromatic rings. The number of amides is 2. The predicted molar refractivity (Wildman–Crippen MR) is 142 cm³/mol. The average molecular weight is 536 g/mol. The second-order valence-electron chi connectivity index (χ2n) is 8.58. The summed E-state index contributed by atoms with van der Waals surface area (Å²) in [6.07, 6.45) is 2.55.